The summed E-state index contributed by atoms with van der Waals surface area (Å²) in [5.74, 6) is 0.809. The number of hydrogen-bond donors (Lipinski definition) is 0. The Balaban J connectivity index is 1.77. The molecule has 0 spiro atoms. The second-order valence-corrected chi connectivity index (χ2v) is 7.56. The second-order valence-electron chi connectivity index (χ2n) is 6.75. The Kier molecular flexibility index (Phi) is 5.43. The van der Waals surface area contributed by atoms with Gasteiger partial charge in [0.2, 0.25) is 0 Å². The highest BCUT2D eigenvalue weighted by Gasteiger charge is 2.18. The minimum absolute atomic E-state index is 0.500. The van der Waals surface area contributed by atoms with Crippen LogP contribution in [0.15, 0.2) is 30.6 Å². The first-order valence-electron chi connectivity index (χ1n) is 8.98. The highest BCUT2D eigenvalue weighted by molar-refractivity contribution is 6.35. The first kappa shape index (κ1) is 18.4. The van der Waals surface area contributed by atoms with Gasteiger partial charge in [0.1, 0.15) is 5.75 Å². The Hall–Kier alpha value is -1.95. The number of ether oxygens (including phenoxy) is 1. The van der Waals surface area contributed by atoms with Gasteiger partial charge in [-0.2, -0.15) is 10.2 Å². The van der Waals surface area contributed by atoms with E-state index in [-0.39, 0.29) is 0 Å². The standard InChI is InChI=1S/C20H20Cl2N4O/c1-27-13-4-5-14-15(8-13)20(12-26-6-2-3-7-26)25-24-19(14)9-16-17(21)10-23-11-18(16)22/h4-5,8,10-11H,2-3,6-7,9,12H2,1H3. The van der Waals surface area contributed by atoms with Crippen LogP contribution >= 0.6 is 23.2 Å². The fraction of sp³-hybridized carbons (Fsp3) is 0.350. The van der Waals surface area contributed by atoms with E-state index < -0.39 is 0 Å². The van der Waals surface area contributed by atoms with Crippen LogP contribution in [0.2, 0.25) is 10.0 Å². The molecule has 0 radical (unpaired) electrons. The molecular weight excluding hydrogens is 383 g/mol. The van der Waals surface area contributed by atoms with Crippen molar-refractivity contribution in [1.29, 1.82) is 0 Å². The first-order valence-corrected chi connectivity index (χ1v) is 9.73. The van der Waals surface area contributed by atoms with Crippen molar-refractivity contribution in [3.8, 4) is 5.75 Å². The van der Waals surface area contributed by atoms with Crippen molar-refractivity contribution >= 4 is 34.0 Å². The maximum Gasteiger partial charge on any atom is 0.119 e. The van der Waals surface area contributed by atoms with Gasteiger partial charge in [-0.05, 0) is 49.7 Å². The number of nitrogens with zero attached hydrogens (tertiary/aromatic N) is 4. The third-order valence-electron chi connectivity index (χ3n) is 5.01. The Morgan fingerprint density at radius 1 is 1.00 bits per heavy atom. The summed E-state index contributed by atoms with van der Waals surface area (Å²) in [5, 5.41) is 12.3. The fourth-order valence-corrected chi connectivity index (χ4v) is 4.04. The van der Waals surface area contributed by atoms with Crippen molar-refractivity contribution in [1.82, 2.24) is 20.1 Å². The van der Waals surface area contributed by atoms with Gasteiger partial charge in [-0.15, -0.1) is 0 Å². The molecule has 0 amide bonds. The molecule has 0 bridgehead atoms. The summed E-state index contributed by atoms with van der Waals surface area (Å²) in [6, 6.07) is 6.02. The molecule has 0 N–H and O–H groups in total. The van der Waals surface area contributed by atoms with Gasteiger partial charge in [0.15, 0.2) is 0 Å². The summed E-state index contributed by atoms with van der Waals surface area (Å²) in [6.45, 7) is 3.02. The van der Waals surface area contributed by atoms with Gasteiger partial charge in [0.25, 0.3) is 0 Å². The average Bonchev–Trinajstić information content (AvgIpc) is 3.19. The fourth-order valence-electron chi connectivity index (χ4n) is 3.54. The number of hydrogen-bond acceptors (Lipinski definition) is 5. The zero-order chi connectivity index (χ0) is 18.8. The Bertz CT molecular complexity index is 953. The van der Waals surface area contributed by atoms with Crippen LogP contribution in [-0.4, -0.2) is 40.3 Å². The van der Waals surface area contributed by atoms with Crippen LogP contribution in [0.3, 0.4) is 0 Å². The number of methoxy groups -OCH3 is 1. The summed E-state index contributed by atoms with van der Waals surface area (Å²) in [6.07, 6.45) is 6.18. The van der Waals surface area contributed by atoms with Gasteiger partial charge in [0.05, 0.1) is 28.5 Å². The molecule has 1 aliphatic heterocycles. The summed E-state index contributed by atoms with van der Waals surface area (Å²) >= 11 is 12.6. The summed E-state index contributed by atoms with van der Waals surface area (Å²) in [4.78, 5) is 6.44. The van der Waals surface area contributed by atoms with Gasteiger partial charge in [-0.3, -0.25) is 9.88 Å². The monoisotopic (exact) mass is 402 g/mol. The van der Waals surface area contributed by atoms with Crippen LogP contribution in [0.4, 0.5) is 0 Å². The van der Waals surface area contributed by atoms with E-state index in [2.05, 4.69) is 20.1 Å². The van der Waals surface area contributed by atoms with Crippen molar-refractivity contribution in [2.45, 2.75) is 25.8 Å². The van der Waals surface area contributed by atoms with E-state index in [1.54, 1.807) is 19.5 Å². The maximum atomic E-state index is 6.30. The smallest absolute Gasteiger partial charge is 0.119 e. The van der Waals surface area contributed by atoms with Crippen LogP contribution < -0.4 is 4.74 Å². The molecule has 1 fully saturated rings. The molecule has 7 heteroatoms. The Morgan fingerprint density at radius 3 is 2.41 bits per heavy atom. The van der Waals surface area contributed by atoms with Gasteiger partial charge in [0, 0.05) is 36.1 Å². The zero-order valence-corrected chi connectivity index (χ0v) is 16.6. The SMILES string of the molecule is COc1ccc2c(Cc3c(Cl)cncc3Cl)nnc(CN3CCCC3)c2c1. The average molecular weight is 403 g/mol. The lowest BCUT2D eigenvalue weighted by Crippen LogP contribution is -2.20. The summed E-state index contributed by atoms with van der Waals surface area (Å²) < 4.78 is 5.43. The van der Waals surface area contributed by atoms with Crippen molar-refractivity contribution in [2.75, 3.05) is 20.2 Å². The van der Waals surface area contributed by atoms with Crippen LogP contribution in [-0.2, 0) is 13.0 Å². The first-order chi connectivity index (χ1) is 13.2. The van der Waals surface area contributed by atoms with Crippen molar-refractivity contribution in [2.24, 2.45) is 0 Å². The lowest BCUT2D eigenvalue weighted by molar-refractivity contribution is 0.327. The predicted octanol–water partition coefficient (Wildman–Crippen LogP) is 4.53. The molecule has 3 aromatic rings. The normalized spacial score (nSPS) is 14.8. The van der Waals surface area contributed by atoms with E-state index in [1.807, 2.05) is 18.2 Å². The lowest BCUT2D eigenvalue weighted by atomic mass is 10.0. The highest BCUT2D eigenvalue weighted by Crippen LogP contribution is 2.30. The molecule has 0 aliphatic carbocycles. The van der Waals surface area contributed by atoms with Gasteiger partial charge in [-0.25, -0.2) is 0 Å². The van der Waals surface area contributed by atoms with Crippen LogP contribution in [0.5, 0.6) is 5.75 Å². The Morgan fingerprint density at radius 2 is 1.70 bits per heavy atom. The summed E-state index contributed by atoms with van der Waals surface area (Å²) in [7, 11) is 1.67. The molecule has 0 unspecified atom stereocenters. The molecule has 1 aromatic carbocycles. The van der Waals surface area contributed by atoms with E-state index in [0.29, 0.717) is 16.5 Å². The molecule has 1 saturated heterocycles. The molecule has 0 atom stereocenters. The van der Waals surface area contributed by atoms with Crippen molar-refractivity contribution < 1.29 is 4.74 Å². The minimum Gasteiger partial charge on any atom is -0.497 e. The largest absolute Gasteiger partial charge is 0.497 e. The zero-order valence-electron chi connectivity index (χ0n) is 15.1. The van der Waals surface area contributed by atoms with E-state index in [0.717, 1.165) is 53.1 Å². The van der Waals surface area contributed by atoms with Crippen LogP contribution in [0.1, 0.15) is 29.8 Å². The molecule has 140 valence electrons. The second kappa shape index (κ2) is 7.97. The number of likely N-dealkylation sites (tertiary alicyclic amines) is 1. The van der Waals surface area contributed by atoms with Crippen LogP contribution in [0, 0.1) is 0 Å². The molecule has 2 aromatic heterocycles. The number of halogens is 2. The Labute approximate surface area is 168 Å². The summed E-state index contributed by atoms with van der Waals surface area (Å²) in [5.41, 5.74) is 2.63. The number of rotatable bonds is 5. The number of pyridine rings is 1. The molecule has 1 aliphatic rings. The third kappa shape index (κ3) is 3.86. The minimum atomic E-state index is 0.500. The van der Waals surface area contributed by atoms with Gasteiger partial charge < -0.3 is 4.74 Å². The van der Waals surface area contributed by atoms with E-state index in [4.69, 9.17) is 27.9 Å². The number of aromatic nitrogens is 3. The van der Waals surface area contributed by atoms with Crippen LogP contribution in [0.25, 0.3) is 10.8 Å². The molecule has 3 heterocycles. The molecule has 4 rings (SSSR count). The topological polar surface area (TPSA) is 51.1 Å². The third-order valence-corrected chi connectivity index (χ3v) is 5.66. The predicted molar refractivity (Wildman–Crippen MR) is 108 cm³/mol. The van der Waals surface area contributed by atoms with Gasteiger partial charge in [-0.1, -0.05) is 23.2 Å². The molecular formula is C20H20Cl2N4O. The van der Waals surface area contributed by atoms with Crippen molar-refractivity contribution in [3.05, 3.63) is 57.6 Å². The quantitative estimate of drug-likeness (QED) is 0.627. The van der Waals surface area contributed by atoms with Crippen molar-refractivity contribution in [3.63, 3.8) is 0 Å². The number of fused-ring (bicyclic) bond motifs is 1. The molecule has 0 saturated carbocycles. The number of benzene rings is 1. The molecule has 27 heavy (non-hydrogen) atoms. The maximum absolute atomic E-state index is 6.30. The van der Waals surface area contributed by atoms with E-state index in [1.165, 1.54) is 12.8 Å². The van der Waals surface area contributed by atoms with Gasteiger partial charge >= 0.3 is 0 Å². The van der Waals surface area contributed by atoms with E-state index >= 15 is 0 Å². The van der Waals surface area contributed by atoms with E-state index in [9.17, 15) is 0 Å². The lowest BCUT2D eigenvalue weighted by Gasteiger charge is -2.16. The highest BCUT2D eigenvalue weighted by atomic mass is 35.5. The molecule has 5 nitrogen and oxygen atoms in total.